The summed E-state index contributed by atoms with van der Waals surface area (Å²) in [5.74, 6) is 1.19. The third-order valence-electron chi connectivity index (χ3n) is 6.46. The molecule has 2 aromatic rings. The highest BCUT2D eigenvalue weighted by Gasteiger charge is 2.34. The number of nitrogens with zero attached hydrogens (tertiary/aromatic N) is 4. The molecule has 1 aromatic carbocycles. The van der Waals surface area contributed by atoms with Crippen LogP contribution in [0, 0.1) is 0 Å². The quantitative estimate of drug-likeness (QED) is 0.786. The standard InChI is InChI=1S/C23H28N4O2/c1-26-11-8-20-18(14-26)13-24-22(25-20)17-6-4-10-27(15-17)23(28)21-19-7-3-2-5-16(19)9-12-29-21/h2-3,5,7,13,17,21H,4,6,8-12,14-15H2,1H3/t17-,21+/m1/s1. The number of hydrogen-bond donors (Lipinski definition) is 0. The number of benzene rings is 1. The Kier molecular flexibility index (Phi) is 5.06. The lowest BCUT2D eigenvalue weighted by Gasteiger charge is -2.36. The van der Waals surface area contributed by atoms with Crippen molar-refractivity contribution in [3.63, 3.8) is 0 Å². The minimum absolute atomic E-state index is 0.0847. The molecule has 152 valence electrons. The summed E-state index contributed by atoms with van der Waals surface area (Å²) in [6.45, 7) is 4.03. The van der Waals surface area contributed by atoms with Gasteiger partial charge >= 0.3 is 0 Å². The fourth-order valence-electron chi connectivity index (χ4n) is 4.82. The van der Waals surface area contributed by atoms with Crippen LogP contribution in [-0.2, 0) is 28.9 Å². The normalized spacial score (nSPS) is 24.7. The van der Waals surface area contributed by atoms with E-state index in [0.29, 0.717) is 13.2 Å². The molecule has 1 fully saturated rings. The first-order valence-electron chi connectivity index (χ1n) is 10.7. The second-order valence-electron chi connectivity index (χ2n) is 8.51. The molecule has 1 aromatic heterocycles. The third-order valence-corrected chi connectivity index (χ3v) is 6.46. The molecule has 3 aliphatic rings. The van der Waals surface area contributed by atoms with Gasteiger partial charge in [0, 0.05) is 56.0 Å². The molecule has 1 amide bonds. The molecule has 0 aliphatic carbocycles. The van der Waals surface area contributed by atoms with Crippen LogP contribution < -0.4 is 0 Å². The lowest BCUT2D eigenvalue weighted by atomic mass is 9.93. The number of carbonyl (C=O) groups excluding carboxylic acids is 1. The van der Waals surface area contributed by atoms with Gasteiger partial charge in [-0.15, -0.1) is 0 Å². The van der Waals surface area contributed by atoms with E-state index in [1.54, 1.807) is 0 Å². The van der Waals surface area contributed by atoms with Crippen molar-refractivity contribution in [1.29, 1.82) is 0 Å². The lowest BCUT2D eigenvalue weighted by Crippen LogP contribution is -2.43. The van der Waals surface area contributed by atoms with Crippen LogP contribution in [0.15, 0.2) is 30.5 Å². The summed E-state index contributed by atoms with van der Waals surface area (Å²) >= 11 is 0. The molecule has 6 nitrogen and oxygen atoms in total. The molecule has 5 rings (SSSR count). The summed E-state index contributed by atoms with van der Waals surface area (Å²) < 4.78 is 5.92. The van der Waals surface area contributed by atoms with Gasteiger partial charge in [-0.3, -0.25) is 4.79 Å². The van der Waals surface area contributed by atoms with Crippen LogP contribution in [0.1, 0.15) is 53.1 Å². The summed E-state index contributed by atoms with van der Waals surface area (Å²) in [5.41, 5.74) is 4.67. The summed E-state index contributed by atoms with van der Waals surface area (Å²) in [6, 6.07) is 8.16. The van der Waals surface area contributed by atoms with Crippen molar-refractivity contribution in [2.75, 3.05) is 33.3 Å². The maximum atomic E-state index is 13.3. The molecule has 3 aliphatic heterocycles. The number of ether oxygens (including phenoxy) is 1. The average molecular weight is 393 g/mol. The zero-order valence-electron chi connectivity index (χ0n) is 17.0. The molecule has 4 heterocycles. The van der Waals surface area contributed by atoms with Gasteiger partial charge in [0.2, 0.25) is 0 Å². The van der Waals surface area contributed by atoms with Gasteiger partial charge in [-0.25, -0.2) is 9.97 Å². The first-order chi connectivity index (χ1) is 14.2. The third kappa shape index (κ3) is 3.67. The van der Waals surface area contributed by atoms with E-state index in [1.807, 2.05) is 29.3 Å². The van der Waals surface area contributed by atoms with E-state index in [9.17, 15) is 4.79 Å². The molecule has 1 saturated heterocycles. The number of likely N-dealkylation sites (tertiary alicyclic amines) is 1. The van der Waals surface area contributed by atoms with E-state index in [0.717, 1.165) is 56.7 Å². The Morgan fingerprint density at radius 2 is 2.07 bits per heavy atom. The lowest BCUT2D eigenvalue weighted by molar-refractivity contribution is -0.146. The topological polar surface area (TPSA) is 58.6 Å². The minimum Gasteiger partial charge on any atom is -0.363 e. The summed E-state index contributed by atoms with van der Waals surface area (Å²) in [5, 5.41) is 0. The number of rotatable bonds is 2. The van der Waals surface area contributed by atoms with Crippen LogP contribution in [0.4, 0.5) is 0 Å². The Balaban J connectivity index is 1.33. The number of hydrogen-bond acceptors (Lipinski definition) is 5. The van der Waals surface area contributed by atoms with Crippen molar-refractivity contribution in [3.05, 3.63) is 58.7 Å². The zero-order valence-corrected chi connectivity index (χ0v) is 17.0. The first-order valence-corrected chi connectivity index (χ1v) is 10.7. The molecular weight excluding hydrogens is 364 g/mol. The minimum atomic E-state index is -0.473. The van der Waals surface area contributed by atoms with E-state index in [-0.39, 0.29) is 11.8 Å². The Bertz CT molecular complexity index is 916. The van der Waals surface area contributed by atoms with Crippen LogP contribution in [0.2, 0.25) is 0 Å². The van der Waals surface area contributed by atoms with E-state index < -0.39 is 6.10 Å². The SMILES string of the molecule is CN1CCc2nc([C@@H]3CCCN(C(=O)[C@H]4OCCc5ccccc54)C3)ncc2C1. The Morgan fingerprint density at radius 1 is 1.17 bits per heavy atom. The predicted molar refractivity (Wildman–Crippen MR) is 109 cm³/mol. The van der Waals surface area contributed by atoms with Crippen molar-refractivity contribution in [1.82, 2.24) is 19.8 Å². The molecule has 0 bridgehead atoms. The van der Waals surface area contributed by atoms with Crippen molar-refractivity contribution in [2.24, 2.45) is 0 Å². The van der Waals surface area contributed by atoms with Gasteiger partial charge in [-0.05, 0) is 37.4 Å². The fourth-order valence-corrected chi connectivity index (χ4v) is 4.82. The fraction of sp³-hybridized carbons (Fsp3) is 0.522. The number of fused-ring (bicyclic) bond motifs is 2. The molecule has 2 atom stereocenters. The van der Waals surface area contributed by atoms with E-state index in [2.05, 4.69) is 23.0 Å². The monoisotopic (exact) mass is 392 g/mol. The van der Waals surface area contributed by atoms with Crippen LogP contribution >= 0.6 is 0 Å². The molecule has 0 spiro atoms. The maximum Gasteiger partial charge on any atom is 0.256 e. The molecule has 0 saturated carbocycles. The van der Waals surface area contributed by atoms with Gasteiger partial charge in [0.1, 0.15) is 5.82 Å². The van der Waals surface area contributed by atoms with Crippen LogP contribution in [0.5, 0.6) is 0 Å². The predicted octanol–water partition coefficient (Wildman–Crippen LogP) is 2.48. The average Bonchev–Trinajstić information content (AvgIpc) is 2.78. The molecule has 0 N–H and O–H groups in total. The van der Waals surface area contributed by atoms with Gasteiger partial charge in [0.05, 0.1) is 6.61 Å². The number of likely N-dealkylation sites (N-methyl/N-ethyl adjacent to an activating group) is 1. The van der Waals surface area contributed by atoms with Gasteiger partial charge < -0.3 is 14.5 Å². The number of piperidine rings is 1. The van der Waals surface area contributed by atoms with Gasteiger partial charge in [0.25, 0.3) is 5.91 Å². The van der Waals surface area contributed by atoms with E-state index >= 15 is 0 Å². The van der Waals surface area contributed by atoms with Crippen molar-refractivity contribution >= 4 is 5.91 Å². The van der Waals surface area contributed by atoms with Crippen molar-refractivity contribution in [3.8, 4) is 0 Å². The van der Waals surface area contributed by atoms with Crippen LogP contribution in [-0.4, -0.2) is 59.0 Å². The van der Waals surface area contributed by atoms with Gasteiger partial charge in [-0.2, -0.15) is 0 Å². The Hall–Kier alpha value is -2.31. The summed E-state index contributed by atoms with van der Waals surface area (Å²) in [7, 11) is 2.13. The highest BCUT2D eigenvalue weighted by Crippen LogP contribution is 2.32. The van der Waals surface area contributed by atoms with Gasteiger partial charge in [0.15, 0.2) is 6.10 Å². The molecule has 0 unspecified atom stereocenters. The number of amides is 1. The molecular formula is C23H28N4O2. The number of aromatic nitrogens is 2. The Labute approximate surface area is 171 Å². The summed E-state index contributed by atoms with van der Waals surface area (Å²) in [4.78, 5) is 27.2. The maximum absolute atomic E-state index is 13.3. The molecule has 6 heteroatoms. The first kappa shape index (κ1) is 18.7. The zero-order chi connectivity index (χ0) is 19.8. The Morgan fingerprint density at radius 3 is 3.00 bits per heavy atom. The highest BCUT2D eigenvalue weighted by atomic mass is 16.5. The van der Waals surface area contributed by atoms with E-state index in [4.69, 9.17) is 9.72 Å². The molecule has 0 radical (unpaired) electrons. The van der Waals surface area contributed by atoms with Crippen LogP contribution in [0.3, 0.4) is 0 Å². The second-order valence-corrected chi connectivity index (χ2v) is 8.51. The van der Waals surface area contributed by atoms with E-state index in [1.165, 1.54) is 16.8 Å². The largest absolute Gasteiger partial charge is 0.363 e. The highest BCUT2D eigenvalue weighted by molar-refractivity contribution is 5.83. The summed E-state index contributed by atoms with van der Waals surface area (Å²) in [6.07, 6.45) is 5.38. The smallest absolute Gasteiger partial charge is 0.256 e. The van der Waals surface area contributed by atoms with Crippen molar-refractivity contribution < 1.29 is 9.53 Å². The van der Waals surface area contributed by atoms with Crippen LogP contribution in [0.25, 0.3) is 0 Å². The van der Waals surface area contributed by atoms with Gasteiger partial charge in [-0.1, -0.05) is 24.3 Å². The second kappa shape index (κ2) is 7.84. The molecule has 29 heavy (non-hydrogen) atoms. The van der Waals surface area contributed by atoms with Crippen molar-refractivity contribution in [2.45, 2.75) is 44.2 Å². The number of carbonyl (C=O) groups is 1.